The second-order valence-electron chi connectivity index (χ2n) is 5.38. The lowest BCUT2D eigenvalue weighted by Crippen LogP contribution is -2.32. The molecule has 17 heavy (non-hydrogen) atoms. The number of carbonyl (C=O) groups is 1. The summed E-state index contributed by atoms with van der Waals surface area (Å²) in [5, 5.41) is 9.90. The van der Waals surface area contributed by atoms with Gasteiger partial charge in [0.25, 0.3) is 0 Å². The van der Waals surface area contributed by atoms with Crippen molar-refractivity contribution in [3.05, 3.63) is 11.3 Å². The minimum atomic E-state index is -0.186. The van der Waals surface area contributed by atoms with Gasteiger partial charge in [-0.1, -0.05) is 27.2 Å². The average molecular weight is 238 g/mol. The molecule has 4 nitrogen and oxygen atoms in total. The van der Waals surface area contributed by atoms with Crippen LogP contribution in [0.1, 0.15) is 46.5 Å². The SMILES string of the molecule is CCCCN=C(N)C1=C(O)CC(C)(C)CC1=O. The van der Waals surface area contributed by atoms with Crippen molar-refractivity contribution in [2.45, 2.75) is 46.5 Å². The molecule has 1 aliphatic carbocycles. The first-order valence-corrected chi connectivity index (χ1v) is 6.13. The maximum Gasteiger partial charge on any atom is 0.170 e. The number of hydrogen-bond donors (Lipinski definition) is 2. The number of aliphatic imine (C=N–C) groups is 1. The van der Waals surface area contributed by atoms with E-state index >= 15 is 0 Å². The molecule has 0 heterocycles. The van der Waals surface area contributed by atoms with Gasteiger partial charge in [-0.25, -0.2) is 0 Å². The highest BCUT2D eigenvalue weighted by Crippen LogP contribution is 2.35. The second kappa shape index (κ2) is 5.34. The van der Waals surface area contributed by atoms with Crippen LogP contribution < -0.4 is 5.73 Å². The molecule has 0 spiro atoms. The highest BCUT2D eigenvalue weighted by Gasteiger charge is 2.34. The minimum absolute atomic E-state index is 0.0870. The lowest BCUT2D eigenvalue weighted by atomic mass is 9.76. The zero-order chi connectivity index (χ0) is 13.1. The quantitative estimate of drug-likeness (QED) is 0.448. The van der Waals surface area contributed by atoms with E-state index in [0.29, 0.717) is 19.4 Å². The van der Waals surface area contributed by atoms with Gasteiger partial charge in [0.2, 0.25) is 0 Å². The molecule has 0 radical (unpaired) electrons. The summed E-state index contributed by atoms with van der Waals surface area (Å²) < 4.78 is 0. The Labute approximate surface area is 103 Å². The summed E-state index contributed by atoms with van der Waals surface area (Å²) in [5.74, 6) is 0.178. The molecule has 1 rings (SSSR count). The fourth-order valence-electron chi connectivity index (χ4n) is 2.02. The number of aliphatic hydroxyl groups is 1. The van der Waals surface area contributed by atoms with E-state index in [9.17, 15) is 9.90 Å². The Kier molecular flexibility index (Phi) is 4.32. The number of carbonyl (C=O) groups excluding carboxylic acids is 1. The Morgan fingerprint density at radius 2 is 2.12 bits per heavy atom. The molecule has 0 aliphatic heterocycles. The lowest BCUT2D eigenvalue weighted by Gasteiger charge is -2.29. The highest BCUT2D eigenvalue weighted by molar-refractivity contribution is 6.21. The molecule has 4 heteroatoms. The smallest absolute Gasteiger partial charge is 0.170 e. The molecule has 0 saturated carbocycles. The van der Waals surface area contributed by atoms with Gasteiger partial charge in [-0.15, -0.1) is 0 Å². The maximum atomic E-state index is 11.9. The average Bonchev–Trinajstić information content (AvgIpc) is 2.14. The molecule has 0 saturated heterocycles. The van der Waals surface area contributed by atoms with Crippen LogP contribution in [0, 0.1) is 5.41 Å². The van der Waals surface area contributed by atoms with Crippen LogP contribution in [0.15, 0.2) is 16.3 Å². The minimum Gasteiger partial charge on any atom is -0.511 e. The molecule has 0 unspecified atom stereocenters. The van der Waals surface area contributed by atoms with Crippen LogP contribution in [0.5, 0.6) is 0 Å². The Morgan fingerprint density at radius 3 is 2.65 bits per heavy atom. The zero-order valence-corrected chi connectivity index (χ0v) is 10.9. The van der Waals surface area contributed by atoms with Crippen LogP contribution in [0.25, 0.3) is 0 Å². The summed E-state index contributed by atoms with van der Waals surface area (Å²) in [6.07, 6.45) is 2.87. The van der Waals surface area contributed by atoms with Gasteiger partial charge in [-0.3, -0.25) is 9.79 Å². The van der Waals surface area contributed by atoms with E-state index in [1.54, 1.807) is 0 Å². The Balaban J connectivity index is 2.89. The molecule has 0 atom stereocenters. The van der Waals surface area contributed by atoms with Crippen LogP contribution >= 0.6 is 0 Å². The number of hydrogen-bond acceptors (Lipinski definition) is 3. The van der Waals surface area contributed by atoms with E-state index in [2.05, 4.69) is 11.9 Å². The van der Waals surface area contributed by atoms with Crippen LogP contribution in [-0.4, -0.2) is 23.3 Å². The molecule has 1 aliphatic rings. The molecule has 0 aromatic carbocycles. The Morgan fingerprint density at radius 1 is 1.47 bits per heavy atom. The predicted molar refractivity (Wildman–Crippen MR) is 69.1 cm³/mol. The van der Waals surface area contributed by atoms with Gasteiger partial charge in [-0.05, 0) is 11.8 Å². The monoisotopic (exact) mass is 238 g/mol. The van der Waals surface area contributed by atoms with Crippen molar-refractivity contribution >= 4 is 11.6 Å². The number of ketones is 1. The molecule has 0 aromatic rings. The first-order chi connectivity index (χ1) is 7.87. The summed E-state index contributed by atoms with van der Waals surface area (Å²) in [6, 6.07) is 0. The molecule has 0 aromatic heterocycles. The molecule has 96 valence electrons. The van der Waals surface area contributed by atoms with Crippen molar-refractivity contribution in [2.75, 3.05) is 6.54 Å². The van der Waals surface area contributed by atoms with Crippen LogP contribution in [0.2, 0.25) is 0 Å². The van der Waals surface area contributed by atoms with E-state index in [-0.39, 0.29) is 28.4 Å². The number of allylic oxidation sites excluding steroid dienone is 1. The van der Waals surface area contributed by atoms with Crippen LogP contribution in [0.3, 0.4) is 0 Å². The molecule has 3 N–H and O–H groups in total. The summed E-state index contributed by atoms with van der Waals surface area (Å²) in [6.45, 7) is 6.59. The van der Waals surface area contributed by atoms with Crippen molar-refractivity contribution in [3.63, 3.8) is 0 Å². The van der Waals surface area contributed by atoms with E-state index in [1.807, 2.05) is 13.8 Å². The Hall–Kier alpha value is -1.32. The second-order valence-corrected chi connectivity index (χ2v) is 5.38. The number of nitrogens with two attached hydrogens (primary N) is 1. The van der Waals surface area contributed by atoms with E-state index in [0.717, 1.165) is 12.8 Å². The van der Waals surface area contributed by atoms with Gasteiger partial charge < -0.3 is 10.8 Å². The number of amidine groups is 1. The third-order valence-corrected chi connectivity index (χ3v) is 2.90. The van der Waals surface area contributed by atoms with Gasteiger partial charge in [0.15, 0.2) is 5.78 Å². The number of unbranched alkanes of at least 4 members (excludes halogenated alkanes) is 1. The van der Waals surface area contributed by atoms with Gasteiger partial charge >= 0.3 is 0 Å². The predicted octanol–water partition coefficient (Wildman–Crippen LogP) is 2.34. The first-order valence-electron chi connectivity index (χ1n) is 6.13. The summed E-state index contributed by atoms with van der Waals surface area (Å²) in [7, 11) is 0. The number of aliphatic hydroxyl groups excluding tert-OH is 1. The fraction of sp³-hybridized carbons (Fsp3) is 0.692. The summed E-state index contributed by atoms with van der Waals surface area (Å²) in [5.41, 5.74) is 5.82. The summed E-state index contributed by atoms with van der Waals surface area (Å²) >= 11 is 0. The maximum absolute atomic E-state index is 11.9. The fourth-order valence-corrected chi connectivity index (χ4v) is 2.02. The van der Waals surface area contributed by atoms with Crippen molar-refractivity contribution in [3.8, 4) is 0 Å². The number of Topliss-reactive ketones (excluding diaryl/α,β-unsaturated/α-hetero) is 1. The number of rotatable bonds is 4. The normalized spacial score (nSPS) is 20.9. The topological polar surface area (TPSA) is 75.7 Å². The van der Waals surface area contributed by atoms with Crippen LogP contribution in [0.4, 0.5) is 0 Å². The standard InChI is InChI=1S/C13H22N2O2/c1-4-5-6-15-12(14)11-9(16)7-13(2,3)8-10(11)17/h16H,4-8H2,1-3H3,(H2,14,15). The van der Waals surface area contributed by atoms with Crippen molar-refractivity contribution < 1.29 is 9.90 Å². The van der Waals surface area contributed by atoms with Crippen molar-refractivity contribution in [1.82, 2.24) is 0 Å². The van der Waals surface area contributed by atoms with Crippen LogP contribution in [-0.2, 0) is 4.79 Å². The molecular formula is C13H22N2O2. The zero-order valence-electron chi connectivity index (χ0n) is 10.9. The van der Waals surface area contributed by atoms with Gasteiger partial charge in [-0.2, -0.15) is 0 Å². The van der Waals surface area contributed by atoms with Crippen molar-refractivity contribution in [1.29, 1.82) is 0 Å². The van der Waals surface area contributed by atoms with Gasteiger partial charge in [0.05, 0.1) is 5.57 Å². The van der Waals surface area contributed by atoms with Gasteiger partial charge in [0.1, 0.15) is 11.6 Å². The third-order valence-electron chi connectivity index (χ3n) is 2.90. The van der Waals surface area contributed by atoms with E-state index in [1.165, 1.54) is 0 Å². The molecule has 0 bridgehead atoms. The lowest BCUT2D eigenvalue weighted by molar-refractivity contribution is -0.117. The summed E-state index contributed by atoms with van der Waals surface area (Å²) in [4.78, 5) is 16.1. The molecular weight excluding hydrogens is 216 g/mol. The first kappa shape index (κ1) is 13.7. The molecule has 0 fully saturated rings. The van der Waals surface area contributed by atoms with Crippen molar-refractivity contribution in [2.24, 2.45) is 16.1 Å². The largest absolute Gasteiger partial charge is 0.511 e. The van der Waals surface area contributed by atoms with E-state index in [4.69, 9.17) is 5.73 Å². The number of nitrogens with zero attached hydrogens (tertiary/aromatic N) is 1. The highest BCUT2D eigenvalue weighted by atomic mass is 16.3. The van der Waals surface area contributed by atoms with E-state index < -0.39 is 0 Å². The third kappa shape index (κ3) is 3.58. The van der Waals surface area contributed by atoms with Gasteiger partial charge in [0, 0.05) is 19.4 Å². The molecule has 0 amide bonds. The Bertz CT molecular complexity index is 368.